The van der Waals surface area contributed by atoms with Crippen LogP contribution in [0.1, 0.15) is 62.8 Å². The summed E-state index contributed by atoms with van der Waals surface area (Å²) in [6.07, 6.45) is 12.5. The Bertz CT molecular complexity index is 651. The van der Waals surface area contributed by atoms with Crippen LogP contribution < -0.4 is 0 Å². The maximum absolute atomic E-state index is 13.4. The van der Waals surface area contributed by atoms with Crippen molar-refractivity contribution in [2.24, 2.45) is 11.8 Å². The van der Waals surface area contributed by atoms with Gasteiger partial charge in [-0.2, -0.15) is 5.26 Å². The largest absolute Gasteiger partial charge is 0.378 e. The molecule has 0 bridgehead atoms. The molecule has 2 aliphatic rings. The van der Waals surface area contributed by atoms with Crippen LogP contribution in [0.4, 0.5) is 8.78 Å². The van der Waals surface area contributed by atoms with Gasteiger partial charge in [0.05, 0.1) is 12.2 Å². The molecule has 0 amide bonds. The smallest absolute Gasteiger partial charge is 0.159 e. The van der Waals surface area contributed by atoms with Gasteiger partial charge in [-0.1, -0.05) is 12.1 Å². The quantitative estimate of drug-likeness (QED) is 0.614. The van der Waals surface area contributed by atoms with Crippen LogP contribution in [-0.4, -0.2) is 12.7 Å². The highest BCUT2D eigenvalue weighted by atomic mass is 19.2. The van der Waals surface area contributed by atoms with E-state index in [-0.39, 0.29) is 0 Å². The SMILES string of the molecule is N#CC=CC1CCC(OCC2CCC(c3ccc(F)c(F)c3)CC2)CC1. The van der Waals surface area contributed by atoms with E-state index >= 15 is 0 Å². The molecule has 3 rings (SSSR count). The molecule has 0 aromatic heterocycles. The summed E-state index contributed by atoms with van der Waals surface area (Å²) in [6, 6.07) is 6.38. The molecule has 2 saturated carbocycles. The van der Waals surface area contributed by atoms with Crippen molar-refractivity contribution in [2.45, 2.75) is 63.4 Å². The highest BCUT2D eigenvalue weighted by Gasteiger charge is 2.25. The fraction of sp³-hybridized carbons (Fsp3) is 0.591. The van der Waals surface area contributed by atoms with Gasteiger partial charge in [0, 0.05) is 12.7 Å². The molecule has 26 heavy (non-hydrogen) atoms. The van der Waals surface area contributed by atoms with Crippen molar-refractivity contribution in [3.05, 3.63) is 47.5 Å². The number of ether oxygens (including phenoxy) is 1. The fourth-order valence-electron chi connectivity index (χ4n) is 4.33. The van der Waals surface area contributed by atoms with Crippen molar-refractivity contribution in [1.29, 1.82) is 5.26 Å². The Morgan fingerprint density at radius 1 is 1.00 bits per heavy atom. The monoisotopic (exact) mass is 359 g/mol. The standard InChI is InChI=1S/C22H27F2NO/c23-21-12-9-19(14-22(21)24)18-7-3-17(4-8-18)15-26-20-10-5-16(6-11-20)2-1-13-25/h1-2,9,12,14,16-18,20H,3-8,10-11,15H2. The van der Waals surface area contributed by atoms with E-state index in [0.717, 1.165) is 63.5 Å². The lowest BCUT2D eigenvalue weighted by Crippen LogP contribution is -2.25. The van der Waals surface area contributed by atoms with E-state index in [0.29, 0.717) is 23.9 Å². The Morgan fingerprint density at radius 3 is 2.38 bits per heavy atom. The minimum atomic E-state index is -0.770. The molecule has 0 heterocycles. The predicted octanol–water partition coefficient (Wildman–Crippen LogP) is 5.89. The molecule has 4 heteroatoms. The summed E-state index contributed by atoms with van der Waals surface area (Å²) in [4.78, 5) is 0. The average molecular weight is 359 g/mol. The Kier molecular flexibility index (Phi) is 6.80. The average Bonchev–Trinajstić information content (AvgIpc) is 2.68. The third-order valence-electron chi connectivity index (χ3n) is 5.99. The van der Waals surface area contributed by atoms with Crippen molar-refractivity contribution in [1.82, 2.24) is 0 Å². The first kappa shape index (κ1) is 19.0. The van der Waals surface area contributed by atoms with Crippen LogP contribution >= 0.6 is 0 Å². The van der Waals surface area contributed by atoms with Gasteiger partial charge >= 0.3 is 0 Å². The summed E-state index contributed by atoms with van der Waals surface area (Å²) in [5, 5.41) is 8.60. The van der Waals surface area contributed by atoms with E-state index in [1.54, 1.807) is 12.1 Å². The molecule has 0 saturated heterocycles. The van der Waals surface area contributed by atoms with Crippen molar-refractivity contribution >= 4 is 0 Å². The first-order chi connectivity index (χ1) is 12.7. The molecule has 1 aromatic carbocycles. The predicted molar refractivity (Wildman–Crippen MR) is 97.5 cm³/mol. The second kappa shape index (κ2) is 9.28. The summed E-state index contributed by atoms with van der Waals surface area (Å²) >= 11 is 0. The summed E-state index contributed by atoms with van der Waals surface area (Å²) < 4.78 is 32.7. The maximum atomic E-state index is 13.4. The van der Waals surface area contributed by atoms with Crippen molar-refractivity contribution in [2.75, 3.05) is 6.61 Å². The number of allylic oxidation sites excluding steroid dienone is 2. The van der Waals surface area contributed by atoms with Gasteiger partial charge in [-0.25, -0.2) is 8.78 Å². The van der Waals surface area contributed by atoms with Gasteiger partial charge < -0.3 is 4.74 Å². The summed E-state index contributed by atoms with van der Waals surface area (Å²) in [6.45, 7) is 0.813. The number of benzene rings is 1. The van der Waals surface area contributed by atoms with E-state index < -0.39 is 11.6 Å². The minimum Gasteiger partial charge on any atom is -0.378 e. The zero-order valence-electron chi connectivity index (χ0n) is 15.2. The second-order valence-corrected chi connectivity index (χ2v) is 7.75. The Morgan fingerprint density at radius 2 is 1.73 bits per heavy atom. The van der Waals surface area contributed by atoms with Crippen LogP contribution in [0.2, 0.25) is 0 Å². The number of hydrogen-bond acceptors (Lipinski definition) is 2. The Balaban J connectivity index is 1.38. The Hall–Kier alpha value is -1.73. The topological polar surface area (TPSA) is 33.0 Å². The minimum absolute atomic E-state index is 0.337. The molecule has 2 nitrogen and oxygen atoms in total. The number of nitriles is 1. The van der Waals surface area contributed by atoms with Crippen LogP contribution in [0.25, 0.3) is 0 Å². The van der Waals surface area contributed by atoms with Gasteiger partial charge in [0.1, 0.15) is 0 Å². The number of halogens is 2. The first-order valence-electron chi connectivity index (χ1n) is 9.78. The zero-order chi connectivity index (χ0) is 18.4. The fourth-order valence-corrected chi connectivity index (χ4v) is 4.33. The van der Waals surface area contributed by atoms with Crippen molar-refractivity contribution < 1.29 is 13.5 Å². The molecule has 0 unspecified atom stereocenters. The molecule has 0 radical (unpaired) electrons. The summed E-state index contributed by atoms with van der Waals surface area (Å²) in [5.41, 5.74) is 0.923. The van der Waals surface area contributed by atoms with Gasteiger partial charge in [0.15, 0.2) is 11.6 Å². The van der Waals surface area contributed by atoms with Gasteiger partial charge in [0.25, 0.3) is 0 Å². The molecule has 0 spiro atoms. The van der Waals surface area contributed by atoms with Crippen LogP contribution in [0.5, 0.6) is 0 Å². The van der Waals surface area contributed by atoms with Crippen LogP contribution in [0, 0.1) is 34.8 Å². The molecular formula is C22H27F2NO. The molecular weight excluding hydrogens is 332 g/mol. The van der Waals surface area contributed by atoms with Gasteiger partial charge in [-0.3, -0.25) is 0 Å². The molecule has 0 N–H and O–H groups in total. The lowest BCUT2D eigenvalue weighted by atomic mass is 9.79. The van der Waals surface area contributed by atoms with Gasteiger partial charge in [-0.15, -0.1) is 0 Å². The Labute approximate surface area is 154 Å². The van der Waals surface area contributed by atoms with E-state index in [1.807, 2.05) is 6.08 Å². The summed E-state index contributed by atoms with van der Waals surface area (Å²) in [5.74, 6) is -0.0700. The molecule has 2 fully saturated rings. The molecule has 0 aliphatic heterocycles. The molecule has 2 aliphatic carbocycles. The highest BCUT2D eigenvalue weighted by molar-refractivity contribution is 5.22. The van der Waals surface area contributed by atoms with Gasteiger partial charge in [-0.05, 0) is 86.8 Å². The first-order valence-corrected chi connectivity index (χ1v) is 9.78. The van der Waals surface area contributed by atoms with E-state index in [1.165, 1.54) is 12.1 Å². The molecule has 0 atom stereocenters. The lowest BCUT2D eigenvalue weighted by molar-refractivity contribution is -0.00456. The second-order valence-electron chi connectivity index (χ2n) is 7.75. The van der Waals surface area contributed by atoms with Crippen LogP contribution in [0.15, 0.2) is 30.4 Å². The number of hydrogen-bond donors (Lipinski definition) is 0. The van der Waals surface area contributed by atoms with Gasteiger partial charge in [0.2, 0.25) is 0 Å². The van der Waals surface area contributed by atoms with E-state index in [4.69, 9.17) is 10.00 Å². The third-order valence-corrected chi connectivity index (χ3v) is 5.99. The lowest BCUT2D eigenvalue weighted by Gasteiger charge is -2.32. The van der Waals surface area contributed by atoms with Crippen molar-refractivity contribution in [3.63, 3.8) is 0 Å². The summed E-state index contributed by atoms with van der Waals surface area (Å²) in [7, 11) is 0. The van der Waals surface area contributed by atoms with Crippen LogP contribution in [-0.2, 0) is 4.74 Å². The number of rotatable bonds is 5. The normalized spacial score (nSPS) is 29.6. The molecule has 140 valence electrons. The van der Waals surface area contributed by atoms with Crippen molar-refractivity contribution in [3.8, 4) is 6.07 Å². The number of nitrogens with zero attached hydrogens (tertiary/aromatic N) is 1. The highest BCUT2D eigenvalue weighted by Crippen LogP contribution is 2.37. The van der Waals surface area contributed by atoms with E-state index in [2.05, 4.69) is 6.07 Å². The maximum Gasteiger partial charge on any atom is 0.159 e. The third kappa shape index (κ3) is 5.14. The zero-order valence-corrected chi connectivity index (χ0v) is 15.2. The van der Waals surface area contributed by atoms with Crippen LogP contribution in [0.3, 0.4) is 0 Å². The van der Waals surface area contributed by atoms with E-state index in [9.17, 15) is 8.78 Å². The molecule has 1 aromatic rings.